The first kappa shape index (κ1) is 15.0. The van der Waals surface area contributed by atoms with Crippen LogP contribution in [0.4, 0.5) is 13.2 Å². The molecule has 1 unspecified atom stereocenters. The summed E-state index contributed by atoms with van der Waals surface area (Å²) in [4.78, 5) is 13.2. The van der Waals surface area contributed by atoms with Gasteiger partial charge in [-0.1, -0.05) is 6.07 Å². The zero-order valence-electron chi connectivity index (χ0n) is 11.7. The highest BCUT2D eigenvalue weighted by molar-refractivity contribution is 8.00. The number of benzene rings is 1. The van der Waals surface area contributed by atoms with Crippen LogP contribution < -0.4 is 0 Å². The van der Waals surface area contributed by atoms with Gasteiger partial charge in [-0.2, -0.15) is 13.2 Å². The molecule has 0 radical (unpaired) electrons. The van der Waals surface area contributed by atoms with Crippen LogP contribution in [0.25, 0.3) is 5.69 Å². The van der Waals surface area contributed by atoms with Crippen molar-refractivity contribution in [2.45, 2.75) is 11.6 Å². The van der Waals surface area contributed by atoms with Crippen molar-refractivity contribution >= 4 is 17.7 Å². The Balaban J connectivity index is 1.90. The van der Waals surface area contributed by atoms with E-state index in [0.717, 1.165) is 17.7 Å². The van der Waals surface area contributed by atoms with Gasteiger partial charge in [-0.05, 0) is 24.3 Å². The predicted octanol–water partition coefficient (Wildman–Crippen LogP) is 3.70. The van der Waals surface area contributed by atoms with Crippen molar-refractivity contribution in [1.29, 1.82) is 0 Å². The monoisotopic (exact) mass is 326 g/mol. The first-order valence-corrected chi connectivity index (χ1v) is 7.64. The minimum Gasteiger partial charge on any atom is -0.329 e. The number of halogens is 3. The molecule has 0 aliphatic carbocycles. The molecule has 0 saturated carbocycles. The minimum absolute atomic E-state index is 0.0572. The molecule has 3 rings (SSSR count). The molecule has 0 N–H and O–H groups in total. The third-order valence-electron chi connectivity index (χ3n) is 3.58. The molecule has 116 valence electrons. The van der Waals surface area contributed by atoms with E-state index >= 15 is 0 Å². The summed E-state index contributed by atoms with van der Waals surface area (Å²) in [6.45, 7) is 0. The predicted molar refractivity (Wildman–Crippen MR) is 78.7 cm³/mol. The third kappa shape index (κ3) is 2.72. The highest BCUT2D eigenvalue weighted by atomic mass is 32.2. The van der Waals surface area contributed by atoms with E-state index in [1.165, 1.54) is 17.8 Å². The van der Waals surface area contributed by atoms with Gasteiger partial charge < -0.3 is 9.47 Å². The van der Waals surface area contributed by atoms with E-state index < -0.39 is 11.7 Å². The molecular formula is C15H13F3N2OS. The van der Waals surface area contributed by atoms with Gasteiger partial charge in [0.2, 0.25) is 5.91 Å². The summed E-state index contributed by atoms with van der Waals surface area (Å²) in [5.74, 6) is 0.484. The number of carbonyl (C=O) groups excluding carboxylic acids is 1. The van der Waals surface area contributed by atoms with E-state index in [4.69, 9.17) is 0 Å². The van der Waals surface area contributed by atoms with Gasteiger partial charge in [-0.3, -0.25) is 4.79 Å². The molecule has 1 atom stereocenters. The molecular weight excluding hydrogens is 313 g/mol. The highest BCUT2D eigenvalue weighted by Crippen LogP contribution is 2.38. The Kier molecular flexibility index (Phi) is 3.68. The summed E-state index contributed by atoms with van der Waals surface area (Å²) in [7, 11) is 1.73. The summed E-state index contributed by atoms with van der Waals surface area (Å²) >= 11 is 1.51. The fourth-order valence-corrected chi connectivity index (χ4v) is 3.55. The lowest BCUT2D eigenvalue weighted by Crippen LogP contribution is -2.22. The normalized spacial score (nSPS) is 19.0. The van der Waals surface area contributed by atoms with E-state index in [1.807, 2.05) is 6.07 Å². The Labute approximate surface area is 129 Å². The summed E-state index contributed by atoms with van der Waals surface area (Å²) in [5.41, 5.74) is 0.664. The van der Waals surface area contributed by atoms with Crippen LogP contribution in [-0.2, 0) is 11.0 Å². The molecule has 1 saturated heterocycles. The Hall–Kier alpha value is -1.89. The maximum Gasteiger partial charge on any atom is 0.416 e. The number of hydrogen-bond acceptors (Lipinski definition) is 2. The van der Waals surface area contributed by atoms with Crippen molar-refractivity contribution in [1.82, 2.24) is 9.47 Å². The summed E-state index contributed by atoms with van der Waals surface area (Å²) in [5, 5.41) is -0.0838. The van der Waals surface area contributed by atoms with Gasteiger partial charge in [-0.15, -0.1) is 11.8 Å². The number of carbonyl (C=O) groups is 1. The van der Waals surface area contributed by atoms with Gasteiger partial charge >= 0.3 is 6.18 Å². The number of amides is 1. The third-order valence-corrected chi connectivity index (χ3v) is 4.90. The zero-order chi connectivity index (χ0) is 15.9. The molecule has 1 fully saturated rings. The molecule has 2 heterocycles. The molecule has 7 heteroatoms. The second kappa shape index (κ2) is 5.39. The topological polar surface area (TPSA) is 25.2 Å². The summed E-state index contributed by atoms with van der Waals surface area (Å²) in [6, 6.07) is 6.99. The van der Waals surface area contributed by atoms with Crippen LogP contribution in [-0.4, -0.2) is 28.2 Å². The van der Waals surface area contributed by atoms with E-state index in [1.54, 1.807) is 35.0 Å². The van der Waals surface area contributed by atoms with Crippen LogP contribution >= 0.6 is 11.8 Å². The smallest absolute Gasteiger partial charge is 0.329 e. The number of aromatic nitrogens is 1. The molecule has 3 nitrogen and oxygen atoms in total. The summed E-state index contributed by atoms with van der Waals surface area (Å²) in [6.07, 6.45) is -0.885. The first-order valence-electron chi connectivity index (χ1n) is 6.59. The molecule has 1 aromatic carbocycles. The van der Waals surface area contributed by atoms with Gasteiger partial charge in [0.25, 0.3) is 0 Å². The minimum atomic E-state index is -4.36. The molecule has 1 aliphatic heterocycles. The van der Waals surface area contributed by atoms with Crippen LogP contribution in [0, 0.1) is 0 Å². The van der Waals surface area contributed by atoms with Gasteiger partial charge in [0, 0.05) is 30.7 Å². The Bertz CT molecular complexity index is 711. The molecule has 1 amide bonds. The Morgan fingerprint density at radius 2 is 2.05 bits per heavy atom. The average molecular weight is 326 g/mol. The molecule has 1 aliphatic rings. The average Bonchev–Trinajstić information content (AvgIpc) is 3.07. The number of hydrogen-bond donors (Lipinski definition) is 0. The largest absolute Gasteiger partial charge is 0.416 e. The SMILES string of the molecule is CN1C(=O)CSC1c1ccn(-c2cccc(C(F)(F)F)c2)c1. The van der Waals surface area contributed by atoms with Crippen LogP contribution in [0.2, 0.25) is 0 Å². The molecule has 2 aromatic rings. The highest BCUT2D eigenvalue weighted by Gasteiger charge is 2.31. The second-order valence-electron chi connectivity index (χ2n) is 5.07. The lowest BCUT2D eigenvalue weighted by atomic mass is 10.2. The maximum atomic E-state index is 12.8. The fraction of sp³-hybridized carbons (Fsp3) is 0.267. The number of thioether (sulfide) groups is 1. The van der Waals surface area contributed by atoms with E-state index in [2.05, 4.69) is 0 Å². The van der Waals surface area contributed by atoms with Crippen molar-refractivity contribution in [3.63, 3.8) is 0 Å². The van der Waals surface area contributed by atoms with Crippen molar-refractivity contribution in [2.75, 3.05) is 12.8 Å². The summed E-state index contributed by atoms with van der Waals surface area (Å²) < 4.78 is 40.0. The van der Waals surface area contributed by atoms with Gasteiger partial charge in [0.1, 0.15) is 5.37 Å². The lowest BCUT2D eigenvalue weighted by Gasteiger charge is -2.17. The van der Waals surface area contributed by atoms with Crippen LogP contribution in [0.5, 0.6) is 0 Å². The quantitative estimate of drug-likeness (QED) is 0.841. The zero-order valence-corrected chi connectivity index (χ0v) is 12.5. The Morgan fingerprint density at radius 3 is 2.68 bits per heavy atom. The van der Waals surface area contributed by atoms with E-state index in [-0.39, 0.29) is 11.3 Å². The number of alkyl halides is 3. The molecule has 22 heavy (non-hydrogen) atoms. The van der Waals surface area contributed by atoms with Crippen molar-refractivity contribution in [3.05, 3.63) is 53.9 Å². The van der Waals surface area contributed by atoms with E-state index in [9.17, 15) is 18.0 Å². The lowest BCUT2D eigenvalue weighted by molar-refractivity contribution is -0.137. The first-order chi connectivity index (χ1) is 10.4. The van der Waals surface area contributed by atoms with E-state index in [0.29, 0.717) is 11.4 Å². The molecule has 1 aromatic heterocycles. The van der Waals surface area contributed by atoms with Gasteiger partial charge in [-0.25, -0.2) is 0 Å². The van der Waals surface area contributed by atoms with Crippen molar-refractivity contribution in [2.24, 2.45) is 0 Å². The number of nitrogens with zero attached hydrogens (tertiary/aromatic N) is 2. The van der Waals surface area contributed by atoms with Crippen molar-refractivity contribution in [3.8, 4) is 5.69 Å². The van der Waals surface area contributed by atoms with Crippen LogP contribution in [0.3, 0.4) is 0 Å². The maximum absolute atomic E-state index is 12.8. The van der Waals surface area contributed by atoms with Crippen LogP contribution in [0.15, 0.2) is 42.7 Å². The standard InChI is InChI=1S/C15H13F3N2OS/c1-19-13(21)9-22-14(19)10-5-6-20(8-10)12-4-2-3-11(7-12)15(16,17)18/h2-8,14H,9H2,1H3. The second-order valence-corrected chi connectivity index (χ2v) is 6.14. The van der Waals surface area contributed by atoms with Crippen LogP contribution in [0.1, 0.15) is 16.5 Å². The molecule has 0 bridgehead atoms. The Morgan fingerprint density at radius 1 is 1.27 bits per heavy atom. The van der Waals surface area contributed by atoms with Gasteiger partial charge in [0.15, 0.2) is 0 Å². The van der Waals surface area contributed by atoms with Gasteiger partial charge in [0.05, 0.1) is 11.3 Å². The fourth-order valence-electron chi connectivity index (χ4n) is 2.38. The van der Waals surface area contributed by atoms with Crippen molar-refractivity contribution < 1.29 is 18.0 Å². The number of rotatable bonds is 2. The molecule has 0 spiro atoms.